The minimum absolute atomic E-state index is 0.603. The zero-order valence-electron chi connectivity index (χ0n) is 15.5. The van der Waals surface area contributed by atoms with Gasteiger partial charge in [0, 0.05) is 47.5 Å². The van der Waals surface area contributed by atoms with Crippen molar-refractivity contribution < 1.29 is 0 Å². The van der Waals surface area contributed by atoms with Crippen LogP contribution in [0.5, 0.6) is 0 Å². The zero-order valence-corrected chi connectivity index (χ0v) is 17.0. The molecule has 1 N–H and O–H groups in total. The van der Waals surface area contributed by atoms with Crippen LogP contribution in [-0.4, -0.2) is 30.4 Å². The summed E-state index contributed by atoms with van der Waals surface area (Å²) in [4.78, 5) is 2.11. The van der Waals surface area contributed by atoms with Crippen molar-refractivity contribution in [3.05, 3.63) is 58.1 Å². The van der Waals surface area contributed by atoms with Gasteiger partial charge in [-0.2, -0.15) is 5.10 Å². The third-order valence-corrected chi connectivity index (χ3v) is 5.29. The predicted octanol–water partition coefficient (Wildman–Crippen LogP) is 5.66. The summed E-state index contributed by atoms with van der Waals surface area (Å²) in [5, 5.41) is 9.74. The molecule has 0 unspecified atom stereocenters. The molecule has 140 valence electrons. The topological polar surface area (TPSA) is 33.1 Å². The molecule has 0 aliphatic carbocycles. The monoisotopic (exact) mass is 400 g/mol. The lowest BCUT2D eigenvalue weighted by Crippen LogP contribution is -2.08. The van der Waals surface area contributed by atoms with Crippen LogP contribution in [0.1, 0.15) is 18.4 Å². The Hall–Kier alpha value is -2.17. The highest BCUT2D eigenvalue weighted by atomic mass is 35.5. The van der Waals surface area contributed by atoms with E-state index >= 15 is 0 Å². The Kier molecular flexibility index (Phi) is 5.02. The zero-order chi connectivity index (χ0) is 19.0. The highest BCUT2D eigenvalue weighted by molar-refractivity contribution is 6.34. The number of hydrogen-bond donors (Lipinski definition) is 1. The second kappa shape index (κ2) is 7.45. The Morgan fingerprint density at radius 2 is 1.81 bits per heavy atom. The van der Waals surface area contributed by atoms with Crippen molar-refractivity contribution in [3.63, 3.8) is 0 Å². The van der Waals surface area contributed by atoms with Gasteiger partial charge in [-0.1, -0.05) is 35.3 Å². The number of anilines is 2. The summed E-state index contributed by atoms with van der Waals surface area (Å²) in [6, 6.07) is 14.0. The fourth-order valence-corrected chi connectivity index (χ4v) is 4.03. The van der Waals surface area contributed by atoms with Crippen LogP contribution in [0.2, 0.25) is 10.0 Å². The number of aromatic nitrogens is 2. The normalized spacial score (nSPS) is 13.6. The number of halogens is 2. The Morgan fingerprint density at radius 1 is 1.04 bits per heavy atom. The van der Waals surface area contributed by atoms with Crippen LogP contribution in [0, 0.1) is 0 Å². The van der Waals surface area contributed by atoms with E-state index in [0.29, 0.717) is 10.0 Å². The molecule has 0 amide bonds. The Balaban J connectivity index is 1.90. The van der Waals surface area contributed by atoms with E-state index in [0.717, 1.165) is 54.3 Å². The van der Waals surface area contributed by atoms with E-state index in [1.54, 1.807) is 6.07 Å². The smallest absolute Gasteiger partial charge is 0.133 e. The van der Waals surface area contributed by atoms with E-state index in [2.05, 4.69) is 34.5 Å². The Morgan fingerprint density at radius 3 is 2.56 bits per heavy atom. The van der Waals surface area contributed by atoms with Gasteiger partial charge in [0.15, 0.2) is 0 Å². The van der Waals surface area contributed by atoms with Crippen LogP contribution in [0.25, 0.3) is 16.9 Å². The molecule has 0 saturated heterocycles. The van der Waals surface area contributed by atoms with E-state index in [-0.39, 0.29) is 0 Å². The second-order valence-corrected chi connectivity index (χ2v) is 7.92. The SMILES string of the molecule is CN(C)c1cccc(-c2nn(-c3cc(Cl)cc(Cl)c3)c3c2CCCCN3)c1. The standard InChI is InChI=1S/C21H22Cl2N4/c1-26(2)17-7-5-6-14(10-17)20-19-8-3-4-9-24-21(19)27(25-20)18-12-15(22)11-16(23)13-18/h5-7,10-13,24H,3-4,8-9H2,1-2H3. The van der Waals surface area contributed by atoms with Crippen LogP contribution in [0.15, 0.2) is 42.5 Å². The van der Waals surface area contributed by atoms with Crippen LogP contribution >= 0.6 is 23.2 Å². The lowest BCUT2D eigenvalue weighted by atomic mass is 10.0. The average Bonchev–Trinajstić information content (AvgIpc) is 2.82. The van der Waals surface area contributed by atoms with Crippen molar-refractivity contribution in [1.29, 1.82) is 0 Å². The lowest BCUT2D eigenvalue weighted by Gasteiger charge is -2.13. The number of nitrogens with zero attached hydrogens (tertiary/aromatic N) is 3. The summed E-state index contributed by atoms with van der Waals surface area (Å²) in [6.45, 7) is 0.935. The van der Waals surface area contributed by atoms with Crippen LogP contribution in [-0.2, 0) is 6.42 Å². The van der Waals surface area contributed by atoms with Crippen LogP contribution in [0.4, 0.5) is 11.5 Å². The van der Waals surface area contributed by atoms with Crippen molar-refractivity contribution in [2.75, 3.05) is 30.9 Å². The molecule has 3 aromatic rings. The van der Waals surface area contributed by atoms with E-state index in [4.69, 9.17) is 28.3 Å². The fourth-order valence-electron chi connectivity index (χ4n) is 3.51. The van der Waals surface area contributed by atoms with Crippen molar-refractivity contribution in [1.82, 2.24) is 9.78 Å². The van der Waals surface area contributed by atoms with E-state index < -0.39 is 0 Å². The third-order valence-electron chi connectivity index (χ3n) is 4.86. The van der Waals surface area contributed by atoms with E-state index in [1.165, 1.54) is 5.56 Å². The second-order valence-electron chi connectivity index (χ2n) is 7.04. The Labute approximate surface area is 169 Å². The number of rotatable bonds is 3. The van der Waals surface area contributed by atoms with Crippen molar-refractivity contribution in [2.45, 2.75) is 19.3 Å². The van der Waals surface area contributed by atoms with Gasteiger partial charge in [0.1, 0.15) is 5.82 Å². The maximum Gasteiger partial charge on any atom is 0.133 e. The van der Waals surface area contributed by atoms with Gasteiger partial charge < -0.3 is 10.2 Å². The Bertz CT molecular complexity index is 958. The molecular formula is C21H22Cl2N4. The van der Waals surface area contributed by atoms with Crippen molar-refractivity contribution in [2.24, 2.45) is 0 Å². The van der Waals surface area contributed by atoms with Gasteiger partial charge in [-0.3, -0.25) is 0 Å². The summed E-state index contributed by atoms with van der Waals surface area (Å²) >= 11 is 12.5. The molecule has 27 heavy (non-hydrogen) atoms. The molecule has 0 fully saturated rings. The summed E-state index contributed by atoms with van der Waals surface area (Å²) in [5.41, 5.74) is 5.41. The number of nitrogens with one attached hydrogen (secondary N) is 1. The first-order valence-electron chi connectivity index (χ1n) is 9.13. The molecule has 0 radical (unpaired) electrons. The van der Waals surface area contributed by atoms with Gasteiger partial charge in [-0.25, -0.2) is 4.68 Å². The molecule has 2 aromatic carbocycles. The third kappa shape index (κ3) is 3.64. The first kappa shape index (κ1) is 18.2. The van der Waals surface area contributed by atoms with Gasteiger partial charge in [-0.15, -0.1) is 0 Å². The molecule has 1 aromatic heterocycles. The molecule has 4 nitrogen and oxygen atoms in total. The van der Waals surface area contributed by atoms with Gasteiger partial charge in [0.25, 0.3) is 0 Å². The minimum atomic E-state index is 0.603. The molecule has 6 heteroatoms. The summed E-state index contributed by atoms with van der Waals surface area (Å²) in [6.07, 6.45) is 3.28. The van der Waals surface area contributed by atoms with Gasteiger partial charge in [0.05, 0.1) is 11.4 Å². The van der Waals surface area contributed by atoms with Gasteiger partial charge >= 0.3 is 0 Å². The maximum atomic E-state index is 6.24. The number of hydrogen-bond acceptors (Lipinski definition) is 3. The molecule has 1 aliphatic heterocycles. The van der Waals surface area contributed by atoms with E-state index in [1.807, 2.05) is 30.9 Å². The molecule has 4 rings (SSSR count). The van der Waals surface area contributed by atoms with E-state index in [9.17, 15) is 0 Å². The molecule has 0 spiro atoms. The predicted molar refractivity (Wildman–Crippen MR) is 115 cm³/mol. The number of fused-ring (bicyclic) bond motifs is 1. The molecule has 0 atom stereocenters. The molecule has 0 saturated carbocycles. The van der Waals surface area contributed by atoms with Crippen molar-refractivity contribution in [3.8, 4) is 16.9 Å². The summed E-state index contributed by atoms with van der Waals surface area (Å²) < 4.78 is 1.94. The molecular weight excluding hydrogens is 379 g/mol. The quantitative estimate of drug-likeness (QED) is 0.615. The largest absolute Gasteiger partial charge is 0.378 e. The first-order valence-corrected chi connectivity index (χ1v) is 9.88. The summed E-state index contributed by atoms with van der Waals surface area (Å²) in [7, 11) is 4.10. The lowest BCUT2D eigenvalue weighted by molar-refractivity contribution is 0.780. The van der Waals surface area contributed by atoms with Crippen molar-refractivity contribution >= 4 is 34.7 Å². The van der Waals surface area contributed by atoms with Gasteiger partial charge in [-0.05, 0) is 49.6 Å². The molecule has 0 bridgehead atoms. The number of benzene rings is 2. The highest BCUT2D eigenvalue weighted by Gasteiger charge is 2.22. The minimum Gasteiger partial charge on any atom is -0.378 e. The maximum absolute atomic E-state index is 6.24. The molecule has 2 heterocycles. The summed E-state index contributed by atoms with van der Waals surface area (Å²) in [5.74, 6) is 1.04. The fraction of sp³-hybridized carbons (Fsp3) is 0.286. The van der Waals surface area contributed by atoms with Crippen LogP contribution < -0.4 is 10.2 Å². The van der Waals surface area contributed by atoms with Gasteiger partial charge in [0.2, 0.25) is 0 Å². The molecule has 1 aliphatic rings. The van der Waals surface area contributed by atoms with Crippen LogP contribution in [0.3, 0.4) is 0 Å². The average molecular weight is 401 g/mol. The highest BCUT2D eigenvalue weighted by Crippen LogP contribution is 2.36. The first-order chi connectivity index (χ1) is 13.0.